The van der Waals surface area contributed by atoms with Gasteiger partial charge in [-0.1, -0.05) is 12.1 Å². The van der Waals surface area contributed by atoms with E-state index in [0.29, 0.717) is 5.69 Å². The van der Waals surface area contributed by atoms with E-state index in [-0.39, 0.29) is 12.2 Å². The lowest BCUT2D eigenvalue weighted by atomic mass is 10.1. The van der Waals surface area contributed by atoms with Crippen LogP contribution in [-0.2, 0) is 9.53 Å². The first kappa shape index (κ1) is 12.0. The topological polar surface area (TPSA) is 74.1 Å². The van der Waals surface area contributed by atoms with Crippen LogP contribution in [0.4, 0.5) is 0 Å². The highest BCUT2D eigenvalue weighted by Gasteiger charge is 2.17. The van der Waals surface area contributed by atoms with Crippen molar-refractivity contribution in [2.45, 2.75) is 6.92 Å². The average Bonchev–Trinajstić information content (AvgIpc) is 2.92. The Morgan fingerprint density at radius 3 is 2.89 bits per heavy atom. The zero-order valence-electron chi connectivity index (χ0n) is 9.74. The predicted molar refractivity (Wildman–Crippen MR) is 62.3 cm³/mol. The lowest BCUT2D eigenvalue weighted by molar-refractivity contribution is -0.137. The number of nitrogens with zero attached hydrogens (tertiary/aromatic N) is 3. The molecule has 0 unspecified atom stereocenters. The first-order valence-electron chi connectivity index (χ1n) is 5.39. The van der Waals surface area contributed by atoms with E-state index in [1.165, 1.54) is 17.3 Å². The van der Waals surface area contributed by atoms with Gasteiger partial charge in [-0.25, -0.2) is 14.5 Å². The molecule has 2 rings (SSSR count). The van der Waals surface area contributed by atoms with Crippen LogP contribution in [0.5, 0.6) is 0 Å². The number of esters is 1. The standard InChI is InChI=1S/C12H11N3O3/c1-2-18-12(17)11(16)9-4-3-5-10(6-9)15-8-13-7-14-15/h3-8H,2H2,1H3. The molecule has 0 spiro atoms. The van der Waals surface area contributed by atoms with Crippen molar-refractivity contribution < 1.29 is 14.3 Å². The molecule has 1 aromatic carbocycles. The number of ketones is 1. The summed E-state index contributed by atoms with van der Waals surface area (Å²) in [5.74, 6) is -1.52. The molecule has 0 aliphatic heterocycles. The van der Waals surface area contributed by atoms with E-state index < -0.39 is 11.8 Å². The summed E-state index contributed by atoms with van der Waals surface area (Å²) in [7, 11) is 0. The minimum atomic E-state index is -0.853. The molecular weight excluding hydrogens is 234 g/mol. The number of rotatable bonds is 4. The van der Waals surface area contributed by atoms with Crippen molar-refractivity contribution in [3.8, 4) is 5.69 Å². The van der Waals surface area contributed by atoms with E-state index in [4.69, 9.17) is 0 Å². The Bertz CT molecular complexity index is 564. The number of ether oxygens (including phenoxy) is 1. The van der Waals surface area contributed by atoms with Crippen molar-refractivity contribution in [2.24, 2.45) is 0 Å². The summed E-state index contributed by atoms with van der Waals surface area (Å²) >= 11 is 0. The third-order valence-corrected chi connectivity index (χ3v) is 2.25. The maximum atomic E-state index is 11.7. The van der Waals surface area contributed by atoms with Crippen LogP contribution >= 0.6 is 0 Å². The number of hydrogen-bond donors (Lipinski definition) is 0. The number of aromatic nitrogens is 3. The largest absolute Gasteiger partial charge is 0.460 e. The first-order chi connectivity index (χ1) is 8.72. The van der Waals surface area contributed by atoms with Gasteiger partial charge in [0, 0.05) is 5.56 Å². The molecule has 1 aromatic heterocycles. The Balaban J connectivity index is 2.28. The molecule has 0 fully saturated rings. The van der Waals surface area contributed by atoms with Gasteiger partial charge in [-0.15, -0.1) is 0 Å². The Morgan fingerprint density at radius 2 is 2.22 bits per heavy atom. The van der Waals surface area contributed by atoms with Crippen molar-refractivity contribution in [2.75, 3.05) is 6.61 Å². The van der Waals surface area contributed by atoms with Crippen LogP contribution in [0.3, 0.4) is 0 Å². The molecule has 0 saturated heterocycles. The number of carbonyl (C=O) groups excluding carboxylic acids is 2. The second-order valence-corrected chi connectivity index (χ2v) is 3.44. The lowest BCUT2D eigenvalue weighted by Crippen LogP contribution is -2.17. The molecule has 0 bridgehead atoms. The molecule has 18 heavy (non-hydrogen) atoms. The van der Waals surface area contributed by atoms with Crippen LogP contribution in [0, 0.1) is 0 Å². The highest BCUT2D eigenvalue weighted by molar-refractivity contribution is 6.40. The maximum Gasteiger partial charge on any atom is 0.379 e. The van der Waals surface area contributed by atoms with Gasteiger partial charge in [0.2, 0.25) is 0 Å². The van der Waals surface area contributed by atoms with Crippen LogP contribution in [0.15, 0.2) is 36.9 Å². The highest BCUT2D eigenvalue weighted by Crippen LogP contribution is 2.10. The third-order valence-electron chi connectivity index (χ3n) is 2.25. The Kier molecular flexibility index (Phi) is 3.47. The number of benzene rings is 1. The molecule has 0 aliphatic carbocycles. The zero-order chi connectivity index (χ0) is 13.0. The fraction of sp³-hybridized carbons (Fsp3) is 0.167. The van der Waals surface area contributed by atoms with Gasteiger partial charge in [0.05, 0.1) is 12.3 Å². The van der Waals surface area contributed by atoms with E-state index in [9.17, 15) is 9.59 Å². The fourth-order valence-corrected chi connectivity index (χ4v) is 1.45. The van der Waals surface area contributed by atoms with E-state index in [0.717, 1.165) is 0 Å². The van der Waals surface area contributed by atoms with E-state index >= 15 is 0 Å². The summed E-state index contributed by atoms with van der Waals surface area (Å²) in [6, 6.07) is 6.55. The van der Waals surface area contributed by atoms with Gasteiger partial charge in [0.25, 0.3) is 5.78 Å². The fourth-order valence-electron chi connectivity index (χ4n) is 1.45. The SMILES string of the molecule is CCOC(=O)C(=O)c1cccc(-n2cncn2)c1. The highest BCUT2D eigenvalue weighted by atomic mass is 16.5. The lowest BCUT2D eigenvalue weighted by Gasteiger charge is -2.04. The molecule has 0 amide bonds. The predicted octanol–water partition coefficient (Wildman–Crippen LogP) is 1.01. The first-order valence-corrected chi connectivity index (χ1v) is 5.39. The number of Topliss-reactive ketones (excluding diaryl/α,β-unsaturated/α-hetero) is 1. The molecule has 6 nitrogen and oxygen atoms in total. The third kappa shape index (κ3) is 2.42. The number of carbonyl (C=O) groups is 2. The van der Waals surface area contributed by atoms with Gasteiger partial charge in [0.1, 0.15) is 12.7 Å². The van der Waals surface area contributed by atoms with Crippen molar-refractivity contribution in [3.63, 3.8) is 0 Å². The number of hydrogen-bond acceptors (Lipinski definition) is 5. The minimum absolute atomic E-state index is 0.174. The van der Waals surface area contributed by atoms with Crippen molar-refractivity contribution in [1.29, 1.82) is 0 Å². The summed E-state index contributed by atoms with van der Waals surface area (Å²) in [6.07, 6.45) is 2.90. The quantitative estimate of drug-likeness (QED) is 0.456. The molecule has 0 saturated carbocycles. The molecule has 0 atom stereocenters. The summed E-state index contributed by atoms with van der Waals surface area (Å²) in [5.41, 5.74) is 0.920. The van der Waals surface area contributed by atoms with Crippen LogP contribution < -0.4 is 0 Å². The van der Waals surface area contributed by atoms with E-state index in [1.54, 1.807) is 31.2 Å². The van der Waals surface area contributed by atoms with Crippen LogP contribution in [-0.4, -0.2) is 33.1 Å². The zero-order valence-corrected chi connectivity index (χ0v) is 9.74. The van der Waals surface area contributed by atoms with Gasteiger partial charge in [-0.05, 0) is 19.1 Å². The Hall–Kier alpha value is -2.50. The summed E-state index contributed by atoms with van der Waals surface area (Å²) in [4.78, 5) is 26.9. The van der Waals surface area contributed by atoms with Gasteiger partial charge >= 0.3 is 5.97 Å². The molecule has 0 N–H and O–H groups in total. The van der Waals surface area contributed by atoms with Crippen molar-refractivity contribution >= 4 is 11.8 Å². The normalized spacial score (nSPS) is 10.1. The molecular formula is C12H11N3O3. The molecule has 6 heteroatoms. The summed E-state index contributed by atoms with van der Waals surface area (Å²) in [5, 5.41) is 3.95. The second-order valence-electron chi connectivity index (χ2n) is 3.44. The maximum absolute atomic E-state index is 11.7. The molecule has 92 valence electrons. The smallest absolute Gasteiger partial charge is 0.379 e. The molecule has 0 radical (unpaired) electrons. The van der Waals surface area contributed by atoms with Crippen LogP contribution in [0.2, 0.25) is 0 Å². The molecule has 0 aliphatic rings. The van der Waals surface area contributed by atoms with Gasteiger partial charge in [-0.3, -0.25) is 4.79 Å². The van der Waals surface area contributed by atoms with Crippen molar-refractivity contribution in [3.05, 3.63) is 42.5 Å². The Morgan fingerprint density at radius 1 is 1.39 bits per heavy atom. The minimum Gasteiger partial charge on any atom is -0.460 e. The van der Waals surface area contributed by atoms with Crippen molar-refractivity contribution in [1.82, 2.24) is 14.8 Å². The second kappa shape index (κ2) is 5.22. The molecule has 2 aromatic rings. The van der Waals surface area contributed by atoms with Crippen LogP contribution in [0.1, 0.15) is 17.3 Å². The Labute approximate surface area is 103 Å². The van der Waals surface area contributed by atoms with Gasteiger partial charge in [-0.2, -0.15) is 5.10 Å². The average molecular weight is 245 g/mol. The van der Waals surface area contributed by atoms with Crippen LogP contribution in [0.25, 0.3) is 5.69 Å². The van der Waals surface area contributed by atoms with Gasteiger partial charge in [0.15, 0.2) is 0 Å². The summed E-state index contributed by atoms with van der Waals surface area (Å²) < 4.78 is 6.17. The van der Waals surface area contributed by atoms with E-state index in [2.05, 4.69) is 14.8 Å². The summed E-state index contributed by atoms with van der Waals surface area (Å²) in [6.45, 7) is 1.82. The monoisotopic (exact) mass is 245 g/mol. The molecule has 1 heterocycles. The van der Waals surface area contributed by atoms with E-state index in [1.807, 2.05) is 0 Å². The van der Waals surface area contributed by atoms with Gasteiger partial charge < -0.3 is 4.74 Å².